The van der Waals surface area contributed by atoms with E-state index in [-0.39, 0.29) is 0 Å². The van der Waals surface area contributed by atoms with Crippen LogP contribution < -0.4 is 0 Å². The fourth-order valence-electron chi connectivity index (χ4n) is 1.03. The largest absolute Gasteiger partial charge is 0.142 e. The molecule has 2 aromatic rings. The molecule has 12 heavy (non-hydrogen) atoms. The predicted octanol–water partition coefficient (Wildman–Crippen LogP) is 4.86. The van der Waals surface area contributed by atoms with Gasteiger partial charge in [-0.2, -0.15) is 0 Å². The van der Waals surface area contributed by atoms with Gasteiger partial charge in [0.05, 0.1) is 19.8 Å². The normalized spacial score (nSPS) is 10.9. The summed E-state index contributed by atoms with van der Waals surface area (Å²) < 4.78 is 0.953. The Morgan fingerprint density at radius 1 is 1.08 bits per heavy atom. The molecule has 1 heterocycles. The highest BCUT2D eigenvalue weighted by Gasteiger charge is 2.08. The molecule has 62 valence electrons. The van der Waals surface area contributed by atoms with E-state index in [4.69, 9.17) is 34.8 Å². The molecule has 0 aliphatic rings. The van der Waals surface area contributed by atoms with E-state index >= 15 is 0 Å². The molecule has 0 N–H and O–H groups in total. The minimum atomic E-state index is 0.511. The summed E-state index contributed by atoms with van der Waals surface area (Å²) in [5, 5.41) is 4.66. The Labute approximate surface area is 88.7 Å². The second-order valence-corrected chi connectivity index (χ2v) is 4.43. The van der Waals surface area contributed by atoms with E-state index < -0.39 is 0 Å². The molecule has 0 unspecified atom stereocenters. The van der Waals surface area contributed by atoms with Crippen molar-refractivity contribution in [3.63, 3.8) is 0 Å². The number of hydrogen-bond acceptors (Lipinski definition) is 1. The van der Waals surface area contributed by atoms with Crippen molar-refractivity contribution in [1.29, 1.82) is 0 Å². The Bertz CT molecular complexity index is 433. The summed E-state index contributed by atoms with van der Waals surface area (Å²) in [5.41, 5.74) is 0. The second kappa shape index (κ2) is 3.08. The van der Waals surface area contributed by atoms with Crippen LogP contribution in [0.3, 0.4) is 0 Å². The standard InChI is InChI=1S/C8H3Cl3S/c9-5-3-6(10)7(11)8-4(5)1-2-12-8/h1-3H. The molecule has 0 atom stereocenters. The van der Waals surface area contributed by atoms with Gasteiger partial charge in [0.1, 0.15) is 0 Å². The Kier molecular flexibility index (Phi) is 2.21. The molecule has 0 aliphatic heterocycles. The van der Waals surface area contributed by atoms with Crippen LogP contribution in [0.25, 0.3) is 10.1 Å². The molecule has 0 saturated carbocycles. The van der Waals surface area contributed by atoms with Gasteiger partial charge < -0.3 is 0 Å². The quantitative estimate of drug-likeness (QED) is 0.574. The van der Waals surface area contributed by atoms with E-state index in [1.54, 1.807) is 17.4 Å². The Morgan fingerprint density at radius 3 is 2.58 bits per heavy atom. The molecule has 0 nitrogen and oxygen atoms in total. The van der Waals surface area contributed by atoms with Crippen LogP contribution in [0.4, 0.5) is 0 Å². The average Bonchev–Trinajstić information content (AvgIpc) is 2.48. The highest BCUT2D eigenvalue weighted by molar-refractivity contribution is 7.18. The molecule has 0 saturated heterocycles. The van der Waals surface area contributed by atoms with Crippen molar-refractivity contribution in [3.05, 3.63) is 32.6 Å². The summed E-state index contributed by atoms with van der Waals surface area (Å²) in [7, 11) is 0. The number of halogens is 3. The molecular formula is C8H3Cl3S. The van der Waals surface area contributed by atoms with E-state index in [9.17, 15) is 0 Å². The van der Waals surface area contributed by atoms with Gasteiger partial charge in [0, 0.05) is 5.39 Å². The Morgan fingerprint density at radius 2 is 1.83 bits per heavy atom. The van der Waals surface area contributed by atoms with Gasteiger partial charge >= 0.3 is 0 Å². The Balaban J connectivity index is 2.97. The van der Waals surface area contributed by atoms with Crippen molar-refractivity contribution in [1.82, 2.24) is 0 Å². The van der Waals surface area contributed by atoms with Crippen molar-refractivity contribution in [3.8, 4) is 0 Å². The summed E-state index contributed by atoms with van der Waals surface area (Å²) in [6.45, 7) is 0. The smallest absolute Gasteiger partial charge is 0.0771 e. The molecule has 0 bridgehead atoms. The lowest BCUT2D eigenvalue weighted by molar-refractivity contribution is 1.84. The van der Waals surface area contributed by atoms with Crippen LogP contribution in [0.15, 0.2) is 17.5 Å². The highest BCUT2D eigenvalue weighted by Crippen LogP contribution is 2.38. The molecule has 0 amide bonds. The average molecular weight is 238 g/mol. The van der Waals surface area contributed by atoms with E-state index in [2.05, 4.69) is 0 Å². The van der Waals surface area contributed by atoms with E-state index in [1.165, 1.54) is 0 Å². The fourth-order valence-corrected chi connectivity index (χ4v) is 2.81. The van der Waals surface area contributed by atoms with Crippen LogP contribution in [-0.2, 0) is 0 Å². The van der Waals surface area contributed by atoms with Crippen molar-refractivity contribution < 1.29 is 0 Å². The lowest BCUT2D eigenvalue weighted by Gasteiger charge is -1.98. The zero-order valence-electron chi connectivity index (χ0n) is 5.77. The fraction of sp³-hybridized carbons (Fsp3) is 0. The van der Waals surface area contributed by atoms with Gasteiger partial charge in [0.2, 0.25) is 0 Å². The molecule has 1 aromatic carbocycles. The predicted molar refractivity (Wildman–Crippen MR) is 56.9 cm³/mol. The van der Waals surface area contributed by atoms with Crippen LogP contribution in [-0.4, -0.2) is 0 Å². The van der Waals surface area contributed by atoms with Gasteiger partial charge in [-0.1, -0.05) is 34.8 Å². The first-order valence-electron chi connectivity index (χ1n) is 3.21. The molecule has 1 aromatic heterocycles. The molecule has 2 rings (SSSR count). The van der Waals surface area contributed by atoms with Gasteiger partial charge in [-0.15, -0.1) is 11.3 Å². The third-order valence-electron chi connectivity index (χ3n) is 1.59. The van der Waals surface area contributed by atoms with Crippen molar-refractivity contribution >= 4 is 56.2 Å². The highest BCUT2D eigenvalue weighted by atomic mass is 35.5. The topological polar surface area (TPSA) is 0 Å². The minimum Gasteiger partial charge on any atom is -0.142 e. The zero-order valence-corrected chi connectivity index (χ0v) is 8.86. The van der Waals surface area contributed by atoms with Crippen LogP contribution in [0.1, 0.15) is 0 Å². The first-order chi connectivity index (χ1) is 5.70. The van der Waals surface area contributed by atoms with Crippen LogP contribution >= 0.6 is 46.1 Å². The van der Waals surface area contributed by atoms with Crippen molar-refractivity contribution in [2.24, 2.45) is 0 Å². The zero-order chi connectivity index (χ0) is 8.72. The third kappa shape index (κ3) is 1.21. The van der Waals surface area contributed by atoms with E-state index in [0.717, 1.165) is 10.1 Å². The summed E-state index contributed by atoms with van der Waals surface area (Å²) in [5.74, 6) is 0. The maximum atomic E-state index is 5.96. The van der Waals surface area contributed by atoms with E-state index in [0.29, 0.717) is 15.1 Å². The summed E-state index contributed by atoms with van der Waals surface area (Å²) in [4.78, 5) is 0. The van der Waals surface area contributed by atoms with Crippen molar-refractivity contribution in [2.45, 2.75) is 0 Å². The number of thiophene rings is 1. The third-order valence-corrected chi connectivity index (χ3v) is 3.73. The number of hydrogen-bond donors (Lipinski definition) is 0. The first-order valence-corrected chi connectivity index (χ1v) is 5.22. The number of rotatable bonds is 0. The van der Waals surface area contributed by atoms with Gasteiger partial charge in [-0.05, 0) is 17.5 Å². The van der Waals surface area contributed by atoms with Gasteiger partial charge in [-0.25, -0.2) is 0 Å². The number of fused-ring (bicyclic) bond motifs is 1. The van der Waals surface area contributed by atoms with Crippen LogP contribution in [0.2, 0.25) is 15.1 Å². The first kappa shape index (κ1) is 8.64. The lowest BCUT2D eigenvalue weighted by atomic mass is 10.3. The van der Waals surface area contributed by atoms with Crippen LogP contribution in [0, 0.1) is 0 Å². The molecule has 0 radical (unpaired) electrons. The second-order valence-electron chi connectivity index (χ2n) is 2.32. The molecule has 0 fully saturated rings. The van der Waals surface area contributed by atoms with Gasteiger partial charge in [-0.3, -0.25) is 0 Å². The number of benzene rings is 1. The van der Waals surface area contributed by atoms with Gasteiger partial charge in [0.25, 0.3) is 0 Å². The monoisotopic (exact) mass is 236 g/mol. The summed E-state index contributed by atoms with van der Waals surface area (Å²) >= 11 is 19.3. The molecule has 0 spiro atoms. The molecule has 4 heteroatoms. The minimum absolute atomic E-state index is 0.511. The maximum Gasteiger partial charge on any atom is 0.0771 e. The SMILES string of the molecule is Clc1cc(Cl)c2ccsc2c1Cl. The van der Waals surface area contributed by atoms with E-state index in [1.807, 2.05) is 11.4 Å². The Hall–Kier alpha value is 0.0500. The maximum absolute atomic E-state index is 5.96. The molecular weight excluding hydrogens is 235 g/mol. The van der Waals surface area contributed by atoms with Crippen molar-refractivity contribution in [2.75, 3.05) is 0 Å². The summed E-state index contributed by atoms with van der Waals surface area (Å²) in [6, 6.07) is 3.60. The van der Waals surface area contributed by atoms with Crippen LogP contribution in [0.5, 0.6) is 0 Å². The van der Waals surface area contributed by atoms with Gasteiger partial charge in [0.15, 0.2) is 0 Å². The summed E-state index contributed by atoms with van der Waals surface area (Å²) in [6.07, 6.45) is 0. The lowest BCUT2D eigenvalue weighted by Crippen LogP contribution is -1.71. The molecule has 0 aliphatic carbocycles.